The van der Waals surface area contributed by atoms with Crippen LogP contribution in [-0.4, -0.2) is 44.8 Å². The molecule has 32 heavy (non-hydrogen) atoms. The first-order valence-corrected chi connectivity index (χ1v) is 11.9. The Morgan fingerprint density at radius 2 is 2.00 bits per heavy atom. The number of hydrogen-bond donors (Lipinski definition) is 1. The number of rotatable bonds is 7. The third kappa shape index (κ3) is 4.87. The number of carbonyl (C=O) groups excluding carboxylic acids is 2. The molecule has 10 nitrogen and oxygen atoms in total. The molecule has 1 aliphatic rings. The van der Waals surface area contributed by atoms with Crippen LogP contribution in [0.25, 0.3) is 10.2 Å². The molecular formula is C20H23N5O5S2. The summed E-state index contributed by atoms with van der Waals surface area (Å²) < 4.78 is 11.9. The Kier molecular flexibility index (Phi) is 6.92. The van der Waals surface area contributed by atoms with Crippen LogP contribution in [-0.2, 0) is 27.4 Å². The van der Waals surface area contributed by atoms with E-state index < -0.39 is 11.9 Å². The van der Waals surface area contributed by atoms with Crippen molar-refractivity contribution in [2.45, 2.75) is 58.3 Å². The number of aromatic nitrogens is 4. The predicted molar refractivity (Wildman–Crippen MR) is 120 cm³/mol. The second kappa shape index (κ2) is 9.84. The van der Waals surface area contributed by atoms with Gasteiger partial charge in [-0.25, -0.2) is 9.78 Å². The first-order valence-electron chi connectivity index (χ1n) is 10.3. The summed E-state index contributed by atoms with van der Waals surface area (Å²) in [4.78, 5) is 43.2. The fourth-order valence-corrected chi connectivity index (χ4v) is 5.40. The van der Waals surface area contributed by atoms with Gasteiger partial charge in [-0.2, -0.15) is 0 Å². The van der Waals surface area contributed by atoms with Crippen molar-refractivity contribution in [2.75, 3.05) is 12.4 Å². The van der Waals surface area contributed by atoms with Gasteiger partial charge in [0, 0.05) is 7.11 Å². The first kappa shape index (κ1) is 22.5. The maximum absolute atomic E-state index is 13.0. The van der Waals surface area contributed by atoms with Crippen molar-refractivity contribution in [3.63, 3.8) is 0 Å². The molecule has 0 atom stereocenters. The number of hydrogen-bond acceptors (Lipinski definition) is 10. The minimum absolute atomic E-state index is 0.0704. The van der Waals surface area contributed by atoms with Crippen molar-refractivity contribution < 1.29 is 19.1 Å². The third-order valence-corrected chi connectivity index (χ3v) is 7.22. The quantitative estimate of drug-likeness (QED) is 0.515. The highest BCUT2D eigenvalue weighted by molar-refractivity contribution is 7.20. The molecule has 3 aromatic heterocycles. The largest absolute Gasteiger partial charge is 0.458 e. The Morgan fingerprint density at radius 3 is 2.75 bits per heavy atom. The Morgan fingerprint density at radius 1 is 1.22 bits per heavy atom. The summed E-state index contributed by atoms with van der Waals surface area (Å²) >= 11 is 2.34. The highest BCUT2D eigenvalue weighted by Crippen LogP contribution is 2.29. The number of carbonyl (C=O) groups is 2. The molecule has 0 spiro atoms. The maximum atomic E-state index is 13.0. The van der Waals surface area contributed by atoms with Crippen molar-refractivity contribution in [1.82, 2.24) is 19.7 Å². The summed E-state index contributed by atoms with van der Waals surface area (Å²) in [5.74, 6) is -0.845. The van der Waals surface area contributed by atoms with Gasteiger partial charge in [0.05, 0.1) is 11.7 Å². The number of nitrogens with one attached hydrogen (secondary N) is 1. The summed E-state index contributed by atoms with van der Waals surface area (Å²) in [6, 6.07) is 0. The number of methoxy groups -OCH3 is 1. The van der Waals surface area contributed by atoms with Crippen molar-refractivity contribution in [3.8, 4) is 0 Å². The molecular weight excluding hydrogens is 454 g/mol. The number of ether oxygens (including phenoxy) is 2. The first-order chi connectivity index (χ1) is 15.5. The van der Waals surface area contributed by atoms with Gasteiger partial charge in [-0.3, -0.25) is 19.5 Å². The monoisotopic (exact) mass is 477 g/mol. The Bertz CT molecular complexity index is 1190. The van der Waals surface area contributed by atoms with Gasteiger partial charge in [-0.05, 0) is 38.2 Å². The van der Waals surface area contributed by atoms with Crippen molar-refractivity contribution in [1.29, 1.82) is 0 Å². The van der Waals surface area contributed by atoms with Gasteiger partial charge in [-0.1, -0.05) is 17.8 Å². The lowest BCUT2D eigenvalue weighted by Gasteiger charge is -2.21. The molecule has 0 unspecified atom stereocenters. The Hall–Kier alpha value is -2.70. The predicted octanol–water partition coefficient (Wildman–Crippen LogP) is 2.89. The number of esters is 1. The smallest absolute Gasteiger partial charge is 0.348 e. The molecule has 1 amide bonds. The van der Waals surface area contributed by atoms with Gasteiger partial charge in [0.15, 0.2) is 0 Å². The van der Waals surface area contributed by atoms with Crippen LogP contribution >= 0.6 is 22.7 Å². The molecule has 1 N–H and O–H groups in total. The van der Waals surface area contributed by atoms with Crippen LogP contribution in [0.5, 0.6) is 0 Å². The molecule has 1 aliphatic carbocycles. The number of amides is 1. The van der Waals surface area contributed by atoms with Crippen LogP contribution in [0.15, 0.2) is 11.1 Å². The summed E-state index contributed by atoms with van der Waals surface area (Å²) in [6.07, 6.45) is 6.27. The third-order valence-electron chi connectivity index (χ3n) is 5.22. The van der Waals surface area contributed by atoms with Crippen LogP contribution in [0.1, 0.15) is 52.3 Å². The van der Waals surface area contributed by atoms with Crippen LogP contribution in [0.3, 0.4) is 0 Å². The lowest BCUT2D eigenvalue weighted by atomic mass is 9.98. The van der Waals surface area contributed by atoms with E-state index in [0.29, 0.717) is 37.4 Å². The minimum atomic E-state index is -0.432. The van der Waals surface area contributed by atoms with E-state index in [1.807, 2.05) is 0 Å². The van der Waals surface area contributed by atoms with E-state index in [-0.39, 0.29) is 18.2 Å². The van der Waals surface area contributed by atoms with E-state index >= 15 is 0 Å². The average Bonchev–Trinajstić information content (AvgIpc) is 3.35. The molecule has 1 fully saturated rings. The van der Waals surface area contributed by atoms with E-state index in [4.69, 9.17) is 9.47 Å². The van der Waals surface area contributed by atoms with Crippen LogP contribution in [0.4, 0.5) is 5.13 Å². The number of nitrogens with zero attached hydrogens (tertiary/aromatic N) is 4. The van der Waals surface area contributed by atoms with Gasteiger partial charge < -0.3 is 9.47 Å². The number of anilines is 1. The molecule has 0 aromatic carbocycles. The van der Waals surface area contributed by atoms with Crippen LogP contribution in [0.2, 0.25) is 0 Å². The van der Waals surface area contributed by atoms with Gasteiger partial charge in [0.2, 0.25) is 11.0 Å². The zero-order valence-corrected chi connectivity index (χ0v) is 19.4. The van der Waals surface area contributed by atoms with E-state index in [0.717, 1.165) is 37.0 Å². The highest BCUT2D eigenvalue weighted by Gasteiger charge is 2.24. The molecule has 0 aliphatic heterocycles. The molecule has 3 aromatic rings. The van der Waals surface area contributed by atoms with E-state index in [1.165, 1.54) is 28.7 Å². The van der Waals surface area contributed by atoms with Crippen molar-refractivity contribution >= 4 is 49.9 Å². The maximum Gasteiger partial charge on any atom is 0.348 e. The highest BCUT2D eigenvalue weighted by atomic mass is 32.1. The normalized spacial score (nSPS) is 14.6. The number of aryl methyl sites for hydroxylation is 1. The molecule has 0 saturated heterocycles. The fraction of sp³-hybridized carbons (Fsp3) is 0.500. The summed E-state index contributed by atoms with van der Waals surface area (Å²) in [6.45, 7) is 1.77. The van der Waals surface area contributed by atoms with E-state index in [2.05, 4.69) is 20.5 Å². The standard InChI is InChI=1S/C20H23N5O5S2/c1-11-15-17(32-16(11)19(28)30-12-6-4-3-5-7-12)21-10-25(18(15)27)8-13(26)22-20-24-23-14(31-20)9-29-2/h10,12H,3-9H2,1-2H3,(H,22,24,26). The zero-order valence-electron chi connectivity index (χ0n) is 17.8. The fourth-order valence-electron chi connectivity index (χ4n) is 3.65. The Balaban J connectivity index is 1.50. The second-order valence-electron chi connectivity index (χ2n) is 7.56. The zero-order chi connectivity index (χ0) is 22.7. The van der Waals surface area contributed by atoms with E-state index in [9.17, 15) is 14.4 Å². The molecule has 12 heteroatoms. The topological polar surface area (TPSA) is 125 Å². The molecule has 4 rings (SSSR count). The SMILES string of the molecule is COCc1nnc(NC(=O)Cn2cnc3sc(C(=O)OC4CCCCC4)c(C)c3c2=O)s1. The van der Waals surface area contributed by atoms with Crippen molar-refractivity contribution in [3.05, 3.63) is 32.1 Å². The van der Waals surface area contributed by atoms with Crippen molar-refractivity contribution in [2.24, 2.45) is 0 Å². The summed E-state index contributed by atoms with van der Waals surface area (Å²) in [5.41, 5.74) is 0.152. The Labute approximate surface area is 191 Å². The second-order valence-corrected chi connectivity index (χ2v) is 9.62. The minimum Gasteiger partial charge on any atom is -0.458 e. The lowest BCUT2D eigenvalue weighted by Crippen LogP contribution is -2.28. The van der Waals surface area contributed by atoms with E-state index in [1.54, 1.807) is 14.0 Å². The van der Waals surface area contributed by atoms with Crippen LogP contribution < -0.4 is 10.9 Å². The summed E-state index contributed by atoms with van der Waals surface area (Å²) in [7, 11) is 1.54. The van der Waals surface area contributed by atoms with Gasteiger partial charge in [0.25, 0.3) is 5.56 Å². The molecule has 1 saturated carbocycles. The summed E-state index contributed by atoms with van der Waals surface area (Å²) in [5, 5.41) is 11.7. The average molecular weight is 478 g/mol. The molecule has 0 radical (unpaired) electrons. The number of thiophene rings is 1. The molecule has 3 heterocycles. The van der Waals surface area contributed by atoms with Gasteiger partial charge in [0.1, 0.15) is 34.0 Å². The van der Waals surface area contributed by atoms with Crippen LogP contribution in [0, 0.1) is 6.92 Å². The molecule has 170 valence electrons. The number of fused-ring (bicyclic) bond motifs is 1. The lowest BCUT2D eigenvalue weighted by molar-refractivity contribution is -0.116. The van der Waals surface area contributed by atoms with Gasteiger partial charge >= 0.3 is 5.97 Å². The molecule has 0 bridgehead atoms. The van der Waals surface area contributed by atoms with Gasteiger partial charge in [-0.15, -0.1) is 21.5 Å².